The summed E-state index contributed by atoms with van der Waals surface area (Å²) in [5, 5.41) is 11.4. The molecule has 2 N–H and O–H groups in total. The van der Waals surface area contributed by atoms with Crippen molar-refractivity contribution in [2.24, 2.45) is 0 Å². The summed E-state index contributed by atoms with van der Waals surface area (Å²) >= 11 is 5.63. The van der Waals surface area contributed by atoms with Gasteiger partial charge in [0.1, 0.15) is 0 Å². The van der Waals surface area contributed by atoms with Crippen LogP contribution in [-0.4, -0.2) is 23.7 Å². The third-order valence-corrected chi connectivity index (χ3v) is 2.33. The summed E-state index contributed by atoms with van der Waals surface area (Å²) < 4.78 is 0. The van der Waals surface area contributed by atoms with Crippen LogP contribution in [0.3, 0.4) is 0 Å². The zero-order valence-electron chi connectivity index (χ0n) is 8.53. The molecule has 0 aliphatic rings. The molecule has 0 aliphatic carbocycles. The van der Waals surface area contributed by atoms with Crippen molar-refractivity contribution in [2.45, 2.75) is 18.8 Å². The smallest absolute Gasteiger partial charge is 0.251 e. The monoisotopic (exact) mass is 227 g/mol. The number of amides is 1. The molecule has 0 bridgehead atoms. The van der Waals surface area contributed by atoms with Gasteiger partial charge in [-0.15, -0.1) is 11.6 Å². The van der Waals surface area contributed by atoms with Crippen molar-refractivity contribution < 1.29 is 9.90 Å². The van der Waals surface area contributed by atoms with E-state index in [1.807, 2.05) is 12.1 Å². The lowest BCUT2D eigenvalue weighted by molar-refractivity contribution is 0.0922. The van der Waals surface area contributed by atoms with Gasteiger partial charge in [-0.05, 0) is 24.6 Å². The second-order valence-corrected chi connectivity index (χ2v) is 3.65. The van der Waals surface area contributed by atoms with Gasteiger partial charge >= 0.3 is 0 Å². The van der Waals surface area contributed by atoms with E-state index in [0.717, 1.165) is 5.56 Å². The predicted molar refractivity (Wildman–Crippen MR) is 60.0 cm³/mol. The Morgan fingerprint density at radius 2 is 2.07 bits per heavy atom. The number of aliphatic hydroxyl groups excluding tert-OH is 1. The second kappa shape index (κ2) is 5.73. The fourth-order valence-electron chi connectivity index (χ4n) is 1.10. The van der Waals surface area contributed by atoms with E-state index in [1.165, 1.54) is 0 Å². The second-order valence-electron chi connectivity index (χ2n) is 3.39. The van der Waals surface area contributed by atoms with Crippen LogP contribution in [-0.2, 0) is 5.88 Å². The summed E-state index contributed by atoms with van der Waals surface area (Å²) in [6.07, 6.45) is 0. The molecule has 0 aromatic heterocycles. The number of alkyl halides is 1. The average Bonchev–Trinajstić information content (AvgIpc) is 2.29. The highest BCUT2D eigenvalue weighted by Crippen LogP contribution is 2.06. The van der Waals surface area contributed by atoms with Crippen LogP contribution in [0.25, 0.3) is 0 Å². The molecule has 82 valence electrons. The molecular weight excluding hydrogens is 214 g/mol. The minimum atomic E-state index is -0.231. The Labute approximate surface area is 94.1 Å². The van der Waals surface area contributed by atoms with Crippen molar-refractivity contribution in [3.05, 3.63) is 35.4 Å². The van der Waals surface area contributed by atoms with Gasteiger partial charge in [0.15, 0.2) is 0 Å². The predicted octanol–water partition coefficient (Wildman–Crippen LogP) is 1.54. The first-order valence-electron chi connectivity index (χ1n) is 4.74. The molecule has 0 aliphatic heterocycles. The van der Waals surface area contributed by atoms with Crippen LogP contribution in [0, 0.1) is 0 Å². The summed E-state index contributed by atoms with van der Waals surface area (Å²) in [4.78, 5) is 11.6. The molecule has 0 saturated heterocycles. The third kappa shape index (κ3) is 3.53. The fourth-order valence-corrected chi connectivity index (χ4v) is 1.28. The van der Waals surface area contributed by atoms with Gasteiger partial charge in [0.2, 0.25) is 0 Å². The molecule has 0 fully saturated rings. The highest BCUT2D eigenvalue weighted by molar-refractivity contribution is 6.17. The molecular formula is C11H14ClNO2. The quantitative estimate of drug-likeness (QED) is 0.767. The van der Waals surface area contributed by atoms with Gasteiger partial charge in [-0.3, -0.25) is 4.79 Å². The van der Waals surface area contributed by atoms with E-state index in [1.54, 1.807) is 19.1 Å². The number of nitrogens with one attached hydrogen (secondary N) is 1. The van der Waals surface area contributed by atoms with Crippen LogP contribution in [0.5, 0.6) is 0 Å². The van der Waals surface area contributed by atoms with Crippen molar-refractivity contribution in [3.63, 3.8) is 0 Å². The van der Waals surface area contributed by atoms with Gasteiger partial charge in [0.05, 0.1) is 6.61 Å². The summed E-state index contributed by atoms with van der Waals surface area (Å²) in [6.45, 7) is 1.68. The number of aliphatic hydroxyl groups is 1. The van der Waals surface area contributed by atoms with Crippen LogP contribution in [0.15, 0.2) is 24.3 Å². The van der Waals surface area contributed by atoms with Crippen molar-refractivity contribution in [1.82, 2.24) is 5.32 Å². The summed E-state index contributed by atoms with van der Waals surface area (Å²) in [5.41, 5.74) is 1.55. The van der Waals surface area contributed by atoms with Crippen molar-refractivity contribution in [2.75, 3.05) is 6.61 Å². The van der Waals surface area contributed by atoms with E-state index < -0.39 is 0 Å². The molecule has 0 spiro atoms. The Hall–Kier alpha value is -1.06. The van der Waals surface area contributed by atoms with Gasteiger partial charge in [-0.1, -0.05) is 12.1 Å². The van der Waals surface area contributed by atoms with Crippen LogP contribution >= 0.6 is 11.6 Å². The Morgan fingerprint density at radius 3 is 2.53 bits per heavy atom. The highest BCUT2D eigenvalue weighted by Gasteiger charge is 2.08. The maximum absolute atomic E-state index is 11.6. The Bertz CT molecular complexity index is 324. The largest absolute Gasteiger partial charge is 0.394 e. The first-order chi connectivity index (χ1) is 7.17. The van der Waals surface area contributed by atoms with Crippen molar-refractivity contribution >= 4 is 17.5 Å². The van der Waals surface area contributed by atoms with E-state index in [0.29, 0.717) is 11.4 Å². The molecule has 1 aromatic carbocycles. The standard InChI is InChI=1S/C11H14ClNO2/c1-8(7-14)13-11(15)10-4-2-9(6-12)3-5-10/h2-5,8,14H,6-7H2,1H3,(H,13,15). The SMILES string of the molecule is CC(CO)NC(=O)c1ccc(CCl)cc1. The van der Waals surface area contributed by atoms with E-state index in [4.69, 9.17) is 16.7 Å². The molecule has 0 radical (unpaired) electrons. The number of hydrogen-bond acceptors (Lipinski definition) is 2. The maximum atomic E-state index is 11.6. The summed E-state index contributed by atoms with van der Waals surface area (Å²) in [6, 6.07) is 6.83. The summed E-state index contributed by atoms with van der Waals surface area (Å²) in [5.74, 6) is 0.257. The first-order valence-corrected chi connectivity index (χ1v) is 5.27. The normalized spacial score (nSPS) is 12.2. The van der Waals surface area contributed by atoms with Gasteiger partial charge in [0.25, 0.3) is 5.91 Å². The van der Waals surface area contributed by atoms with E-state index >= 15 is 0 Å². The van der Waals surface area contributed by atoms with Crippen LogP contribution in [0.1, 0.15) is 22.8 Å². The molecule has 3 nitrogen and oxygen atoms in total. The van der Waals surface area contributed by atoms with Gasteiger partial charge < -0.3 is 10.4 Å². The van der Waals surface area contributed by atoms with Crippen LogP contribution in [0.2, 0.25) is 0 Å². The average molecular weight is 228 g/mol. The molecule has 0 saturated carbocycles. The van der Waals surface area contributed by atoms with Crippen molar-refractivity contribution in [1.29, 1.82) is 0 Å². The Kier molecular flexibility index (Phi) is 4.59. The molecule has 1 atom stereocenters. The zero-order chi connectivity index (χ0) is 11.3. The third-order valence-electron chi connectivity index (χ3n) is 2.02. The Morgan fingerprint density at radius 1 is 1.47 bits per heavy atom. The molecule has 4 heteroatoms. The minimum absolute atomic E-state index is 0.0640. The number of hydrogen-bond donors (Lipinski definition) is 2. The molecule has 0 heterocycles. The minimum Gasteiger partial charge on any atom is -0.394 e. The zero-order valence-corrected chi connectivity index (χ0v) is 9.29. The molecule has 15 heavy (non-hydrogen) atoms. The highest BCUT2D eigenvalue weighted by atomic mass is 35.5. The Balaban J connectivity index is 2.66. The number of rotatable bonds is 4. The van der Waals surface area contributed by atoms with E-state index in [-0.39, 0.29) is 18.6 Å². The number of carbonyl (C=O) groups is 1. The molecule has 1 rings (SSSR count). The maximum Gasteiger partial charge on any atom is 0.251 e. The van der Waals surface area contributed by atoms with Gasteiger partial charge in [-0.2, -0.15) is 0 Å². The van der Waals surface area contributed by atoms with E-state index in [9.17, 15) is 4.79 Å². The lowest BCUT2D eigenvalue weighted by Crippen LogP contribution is -2.34. The van der Waals surface area contributed by atoms with Crippen LogP contribution < -0.4 is 5.32 Å². The number of carbonyl (C=O) groups excluding carboxylic acids is 1. The topological polar surface area (TPSA) is 49.3 Å². The lowest BCUT2D eigenvalue weighted by Gasteiger charge is -2.10. The number of benzene rings is 1. The molecule has 1 aromatic rings. The van der Waals surface area contributed by atoms with Crippen molar-refractivity contribution in [3.8, 4) is 0 Å². The lowest BCUT2D eigenvalue weighted by atomic mass is 10.1. The molecule has 1 unspecified atom stereocenters. The van der Waals surface area contributed by atoms with Crippen LogP contribution in [0.4, 0.5) is 0 Å². The number of halogens is 1. The van der Waals surface area contributed by atoms with E-state index in [2.05, 4.69) is 5.32 Å². The summed E-state index contributed by atoms with van der Waals surface area (Å²) in [7, 11) is 0. The van der Waals surface area contributed by atoms with Gasteiger partial charge in [-0.25, -0.2) is 0 Å². The first kappa shape index (κ1) is 12.0. The van der Waals surface area contributed by atoms with Gasteiger partial charge in [0, 0.05) is 17.5 Å². The fraction of sp³-hybridized carbons (Fsp3) is 0.364. The molecule has 1 amide bonds.